The molecule has 1 saturated carbocycles. The fraction of sp³-hybridized carbons (Fsp3) is 0.292. The summed E-state index contributed by atoms with van der Waals surface area (Å²) < 4.78 is 46.3. The molecule has 6 nitrogen and oxygen atoms in total. The molecule has 2 aromatic rings. The van der Waals surface area contributed by atoms with E-state index < -0.39 is 28.9 Å². The highest BCUT2D eigenvalue weighted by Gasteiger charge is 2.59. The normalized spacial score (nSPS) is 20.7. The van der Waals surface area contributed by atoms with Gasteiger partial charge in [-0.2, -0.15) is 18.4 Å². The van der Waals surface area contributed by atoms with Crippen molar-refractivity contribution >= 4 is 40.7 Å². The molecule has 1 N–H and O–H groups in total. The molecule has 0 radical (unpaired) electrons. The molecule has 174 valence electrons. The van der Waals surface area contributed by atoms with E-state index in [0.717, 1.165) is 29.0 Å². The highest BCUT2D eigenvalue weighted by molar-refractivity contribution is 7.81. The number of fused-ring (bicyclic) bond motifs is 1. The second kappa shape index (κ2) is 7.82. The quantitative estimate of drug-likeness (QED) is 0.650. The number of thiocarbonyl (C=S) groups is 1. The summed E-state index contributed by atoms with van der Waals surface area (Å²) in [6.07, 6.45) is 0.150. The van der Waals surface area contributed by atoms with Crippen molar-refractivity contribution in [3.05, 3.63) is 59.2 Å². The number of rotatable bonds is 3. The van der Waals surface area contributed by atoms with E-state index in [2.05, 4.69) is 0 Å². The smallest absolute Gasteiger partial charge is 0.417 e. The molecule has 2 aliphatic heterocycles. The number of aliphatic hydroxyl groups is 1. The summed E-state index contributed by atoms with van der Waals surface area (Å²) in [5.74, 6) is 0.189. The summed E-state index contributed by atoms with van der Waals surface area (Å²) in [5, 5.41) is 18.5. The number of anilines is 2. The SMILES string of the molecule is N#Cc1ccc(N2C(=O)C3(CCC3)N(c3ccc4c(c3)C=CC(CO)O4)C2=S)cc1C(F)(F)F. The summed E-state index contributed by atoms with van der Waals surface area (Å²) in [5.41, 5.74) is -1.26. The Labute approximate surface area is 198 Å². The van der Waals surface area contributed by atoms with Crippen LogP contribution in [0.1, 0.15) is 36.0 Å². The van der Waals surface area contributed by atoms with Crippen molar-refractivity contribution in [3.63, 3.8) is 0 Å². The summed E-state index contributed by atoms with van der Waals surface area (Å²) in [6.45, 7) is -0.162. The average molecular weight is 485 g/mol. The first-order chi connectivity index (χ1) is 16.2. The molecule has 5 rings (SSSR count). The van der Waals surface area contributed by atoms with Gasteiger partial charge >= 0.3 is 6.18 Å². The van der Waals surface area contributed by atoms with Crippen molar-refractivity contribution in [1.82, 2.24) is 0 Å². The standard InChI is InChI=1S/C24H18F3N3O3S/c25-24(26,27)19-11-16(4-2-15(19)12-28)29-21(32)23(8-1-9-23)30(22(29)34)17-5-7-20-14(10-17)3-6-18(13-31)33-20/h2-7,10-11,18,31H,1,8-9,13H2. The Morgan fingerprint density at radius 2 is 1.94 bits per heavy atom. The van der Waals surface area contributed by atoms with Crippen LogP contribution in [0.3, 0.4) is 0 Å². The molecule has 10 heteroatoms. The van der Waals surface area contributed by atoms with Crippen LogP contribution in [0.4, 0.5) is 24.5 Å². The van der Waals surface area contributed by atoms with Crippen LogP contribution in [-0.4, -0.2) is 34.4 Å². The Morgan fingerprint density at radius 3 is 2.56 bits per heavy atom. The van der Waals surface area contributed by atoms with Crippen LogP contribution in [0, 0.1) is 11.3 Å². The van der Waals surface area contributed by atoms with Crippen molar-refractivity contribution in [2.75, 3.05) is 16.4 Å². The van der Waals surface area contributed by atoms with Gasteiger partial charge in [0, 0.05) is 11.3 Å². The minimum absolute atomic E-state index is 0.0259. The Bertz CT molecular complexity index is 1280. The maximum absolute atomic E-state index is 13.6. The van der Waals surface area contributed by atoms with E-state index in [-0.39, 0.29) is 23.3 Å². The van der Waals surface area contributed by atoms with Gasteiger partial charge in [-0.1, -0.05) is 6.08 Å². The number of nitriles is 1. The predicted molar refractivity (Wildman–Crippen MR) is 122 cm³/mol. The summed E-state index contributed by atoms with van der Waals surface area (Å²) in [4.78, 5) is 16.4. The van der Waals surface area contributed by atoms with Gasteiger partial charge in [-0.25, -0.2) is 0 Å². The topological polar surface area (TPSA) is 76.8 Å². The van der Waals surface area contributed by atoms with E-state index in [1.807, 2.05) is 12.1 Å². The van der Waals surface area contributed by atoms with E-state index in [1.165, 1.54) is 6.07 Å². The average Bonchev–Trinajstić information content (AvgIpc) is 3.04. The van der Waals surface area contributed by atoms with Gasteiger partial charge in [0.1, 0.15) is 17.4 Å². The lowest BCUT2D eigenvalue weighted by molar-refractivity contribution is -0.137. The number of halogens is 3. The van der Waals surface area contributed by atoms with Gasteiger partial charge in [-0.15, -0.1) is 0 Å². The number of carbonyl (C=O) groups excluding carboxylic acids is 1. The Kier molecular flexibility index (Phi) is 5.15. The minimum atomic E-state index is -4.75. The van der Waals surface area contributed by atoms with E-state index in [1.54, 1.807) is 29.2 Å². The van der Waals surface area contributed by atoms with Crippen molar-refractivity contribution in [2.24, 2.45) is 0 Å². The molecular weight excluding hydrogens is 467 g/mol. The number of hydrogen-bond acceptors (Lipinski definition) is 5. The van der Waals surface area contributed by atoms with Crippen LogP contribution < -0.4 is 14.5 Å². The zero-order valence-electron chi connectivity index (χ0n) is 17.7. The molecule has 1 aliphatic carbocycles. The number of benzene rings is 2. The van der Waals surface area contributed by atoms with Crippen molar-refractivity contribution in [3.8, 4) is 11.8 Å². The Morgan fingerprint density at radius 1 is 1.21 bits per heavy atom. The lowest BCUT2D eigenvalue weighted by Crippen LogP contribution is -2.55. The van der Waals surface area contributed by atoms with Gasteiger partial charge < -0.3 is 14.7 Å². The van der Waals surface area contributed by atoms with Gasteiger partial charge in [-0.05, 0) is 74.0 Å². The zero-order valence-corrected chi connectivity index (χ0v) is 18.5. The first kappa shape index (κ1) is 22.4. The fourth-order valence-electron chi connectivity index (χ4n) is 4.64. The molecule has 1 unspecified atom stereocenters. The van der Waals surface area contributed by atoms with Gasteiger partial charge in [0.2, 0.25) is 0 Å². The maximum Gasteiger partial charge on any atom is 0.417 e. The third kappa shape index (κ3) is 3.27. The third-order valence-electron chi connectivity index (χ3n) is 6.48. The molecule has 0 aromatic heterocycles. The molecule has 1 saturated heterocycles. The monoisotopic (exact) mass is 485 g/mol. The van der Waals surface area contributed by atoms with Gasteiger partial charge in [0.05, 0.1) is 29.5 Å². The molecule has 1 spiro atoms. The second-order valence-corrected chi connectivity index (χ2v) is 8.77. The molecule has 1 amide bonds. The van der Waals surface area contributed by atoms with Crippen molar-refractivity contribution < 1.29 is 27.8 Å². The molecule has 2 aromatic carbocycles. The predicted octanol–water partition coefficient (Wildman–Crippen LogP) is 4.40. The number of alkyl halides is 3. The van der Waals surface area contributed by atoms with Crippen LogP contribution in [0.5, 0.6) is 5.75 Å². The first-order valence-corrected chi connectivity index (χ1v) is 11.0. The van der Waals surface area contributed by atoms with Crippen LogP contribution in [-0.2, 0) is 11.0 Å². The van der Waals surface area contributed by atoms with Gasteiger partial charge in [0.25, 0.3) is 5.91 Å². The van der Waals surface area contributed by atoms with Gasteiger partial charge in [-0.3, -0.25) is 9.69 Å². The van der Waals surface area contributed by atoms with Gasteiger partial charge in [0.15, 0.2) is 5.11 Å². The molecule has 0 bridgehead atoms. The molecular formula is C24H18F3N3O3S. The number of carbonyl (C=O) groups is 1. The van der Waals surface area contributed by atoms with E-state index >= 15 is 0 Å². The number of nitrogens with zero attached hydrogens (tertiary/aromatic N) is 3. The highest BCUT2D eigenvalue weighted by Crippen LogP contribution is 2.49. The van der Waals surface area contributed by atoms with E-state index in [4.69, 9.17) is 22.2 Å². The molecule has 34 heavy (non-hydrogen) atoms. The third-order valence-corrected chi connectivity index (χ3v) is 6.85. The largest absolute Gasteiger partial charge is 0.483 e. The van der Waals surface area contributed by atoms with Crippen molar-refractivity contribution in [2.45, 2.75) is 37.1 Å². The first-order valence-electron chi connectivity index (χ1n) is 10.6. The molecule has 3 aliphatic rings. The lowest BCUT2D eigenvalue weighted by Gasteiger charge is -2.43. The molecule has 2 fully saturated rings. The highest BCUT2D eigenvalue weighted by atomic mass is 32.1. The van der Waals surface area contributed by atoms with Crippen LogP contribution in [0.15, 0.2) is 42.5 Å². The number of aliphatic hydroxyl groups excluding tert-OH is 1. The second-order valence-electron chi connectivity index (χ2n) is 8.40. The summed E-state index contributed by atoms with van der Waals surface area (Å²) in [7, 11) is 0. The summed E-state index contributed by atoms with van der Waals surface area (Å²) >= 11 is 5.64. The molecule has 1 atom stereocenters. The van der Waals surface area contributed by atoms with E-state index in [9.17, 15) is 23.1 Å². The van der Waals surface area contributed by atoms with Crippen LogP contribution >= 0.6 is 12.2 Å². The molecule has 2 heterocycles. The van der Waals surface area contributed by atoms with Crippen LogP contribution in [0.2, 0.25) is 0 Å². The lowest BCUT2D eigenvalue weighted by atomic mass is 9.75. The van der Waals surface area contributed by atoms with Crippen molar-refractivity contribution in [1.29, 1.82) is 5.26 Å². The number of ether oxygens (including phenoxy) is 1. The summed E-state index contributed by atoms with van der Waals surface area (Å²) in [6, 6.07) is 10.0. The zero-order chi connectivity index (χ0) is 24.3. The fourth-order valence-corrected chi connectivity index (χ4v) is 5.10. The Balaban J connectivity index is 1.57. The Hall–Kier alpha value is -3.42. The minimum Gasteiger partial charge on any atom is -0.483 e. The number of amides is 1. The van der Waals surface area contributed by atoms with E-state index in [0.29, 0.717) is 24.3 Å². The number of hydrogen-bond donors (Lipinski definition) is 1. The van der Waals surface area contributed by atoms with Crippen LogP contribution in [0.25, 0.3) is 6.08 Å². The maximum atomic E-state index is 13.6.